The van der Waals surface area contributed by atoms with Crippen LogP contribution in [0.5, 0.6) is 0 Å². The molecule has 142 valence electrons. The zero-order valence-corrected chi connectivity index (χ0v) is 18.0. The topological polar surface area (TPSA) is 70.1 Å². The molecule has 0 saturated heterocycles. The molecule has 1 aliphatic carbocycles. The number of H-pyrrole nitrogens is 1. The number of aryl methyl sites for hydroxylation is 1. The molecule has 1 atom stereocenters. The van der Waals surface area contributed by atoms with E-state index >= 15 is 0 Å². The van der Waals surface area contributed by atoms with E-state index in [0.29, 0.717) is 23.0 Å². The summed E-state index contributed by atoms with van der Waals surface area (Å²) in [6.07, 6.45) is 4.31. The smallest absolute Gasteiger partial charge is 0.287 e. The van der Waals surface area contributed by atoms with Crippen LogP contribution in [-0.4, -0.2) is 24.0 Å². The van der Waals surface area contributed by atoms with Gasteiger partial charge < -0.3 is 20.0 Å². The number of carbonyl (C=O) groups is 1. The summed E-state index contributed by atoms with van der Waals surface area (Å²) < 4.78 is 6.93. The maximum Gasteiger partial charge on any atom is 0.287 e. The van der Waals surface area contributed by atoms with Gasteiger partial charge >= 0.3 is 0 Å². The quantitative estimate of drug-likeness (QED) is 0.419. The Hall–Kier alpha value is -1.57. The number of carbonyl (C=O) groups excluding carboxylic acids is 1. The first-order valence-corrected chi connectivity index (χ1v) is 10.8. The second-order valence-corrected chi connectivity index (χ2v) is 8.52. The molecule has 0 spiro atoms. The van der Waals surface area contributed by atoms with Crippen LogP contribution in [0.3, 0.4) is 0 Å². The molecule has 0 aliphatic heterocycles. The molecular weight excluding hydrogens is 474 g/mol. The van der Waals surface area contributed by atoms with E-state index in [2.05, 4.69) is 65.7 Å². The third-order valence-electron chi connectivity index (χ3n) is 5.00. The average molecular weight is 495 g/mol. The van der Waals surface area contributed by atoms with Gasteiger partial charge in [0.05, 0.1) is 0 Å². The van der Waals surface area contributed by atoms with Gasteiger partial charge in [0.15, 0.2) is 10.4 Å². The van der Waals surface area contributed by atoms with Gasteiger partial charge in [-0.1, -0.05) is 15.9 Å². The minimum absolute atomic E-state index is 0.179. The van der Waals surface area contributed by atoms with Crippen molar-refractivity contribution in [1.29, 1.82) is 0 Å². The van der Waals surface area contributed by atoms with Gasteiger partial charge in [0.2, 0.25) is 0 Å². The summed E-state index contributed by atoms with van der Waals surface area (Å²) in [4.78, 5) is 15.6. The van der Waals surface area contributed by atoms with Crippen LogP contribution in [0.15, 0.2) is 43.9 Å². The molecule has 1 aliphatic rings. The van der Waals surface area contributed by atoms with E-state index in [4.69, 9.17) is 4.42 Å². The highest BCUT2D eigenvalue weighted by atomic mass is 79.9. The first-order chi connectivity index (χ1) is 13.1. The number of hydrogen-bond acceptors (Lipinski definition) is 3. The standard InChI is InChI=1S/C20H21Br2N3O2/c21-12-5-6-15-14(11-12)13-3-1-4-16(19(13)25-15)23-9-2-10-24-20(26)17-7-8-18(22)27-17/h5-8,11,16,23,25H,1-4,9-10H2,(H,24,26). The number of halogens is 2. The highest BCUT2D eigenvalue weighted by molar-refractivity contribution is 9.10. The Balaban J connectivity index is 1.31. The molecule has 0 fully saturated rings. The Morgan fingerprint density at radius 1 is 1.22 bits per heavy atom. The molecule has 1 amide bonds. The molecular formula is C20H21Br2N3O2. The molecule has 2 heterocycles. The SMILES string of the molecule is O=C(NCCCNC1CCCc2c1[nH]c1ccc(Br)cc21)c1ccc(Br)o1. The van der Waals surface area contributed by atoms with Crippen LogP contribution < -0.4 is 10.6 Å². The van der Waals surface area contributed by atoms with E-state index in [0.717, 1.165) is 30.3 Å². The lowest BCUT2D eigenvalue weighted by molar-refractivity contribution is 0.0924. The second-order valence-electron chi connectivity index (χ2n) is 6.82. The number of nitrogens with one attached hydrogen (secondary N) is 3. The van der Waals surface area contributed by atoms with E-state index < -0.39 is 0 Å². The van der Waals surface area contributed by atoms with Gasteiger partial charge in [-0.25, -0.2) is 0 Å². The first-order valence-electron chi connectivity index (χ1n) is 9.19. The molecule has 3 N–H and O–H groups in total. The molecule has 5 nitrogen and oxygen atoms in total. The van der Waals surface area contributed by atoms with Gasteiger partial charge in [0.25, 0.3) is 5.91 Å². The Kier molecular flexibility index (Phi) is 5.71. The van der Waals surface area contributed by atoms with Crippen LogP contribution in [0.2, 0.25) is 0 Å². The van der Waals surface area contributed by atoms with Crippen molar-refractivity contribution < 1.29 is 9.21 Å². The number of aromatic amines is 1. The largest absolute Gasteiger partial charge is 0.444 e. The summed E-state index contributed by atoms with van der Waals surface area (Å²) in [6, 6.07) is 10.1. The second kappa shape index (κ2) is 8.20. The van der Waals surface area contributed by atoms with Crippen molar-refractivity contribution in [3.63, 3.8) is 0 Å². The van der Waals surface area contributed by atoms with Crippen molar-refractivity contribution in [3.8, 4) is 0 Å². The number of amides is 1. The lowest BCUT2D eigenvalue weighted by Gasteiger charge is -2.24. The zero-order chi connectivity index (χ0) is 18.8. The average Bonchev–Trinajstić information content (AvgIpc) is 3.25. The Labute approximate surface area is 174 Å². The van der Waals surface area contributed by atoms with Gasteiger partial charge in [-0.05, 0) is 84.1 Å². The fourth-order valence-electron chi connectivity index (χ4n) is 3.73. The van der Waals surface area contributed by atoms with Crippen molar-refractivity contribution in [2.45, 2.75) is 31.7 Å². The molecule has 0 radical (unpaired) electrons. The summed E-state index contributed by atoms with van der Waals surface area (Å²) in [5.41, 5.74) is 3.96. The highest BCUT2D eigenvalue weighted by Gasteiger charge is 2.23. The molecule has 1 aromatic carbocycles. The third-order valence-corrected chi connectivity index (χ3v) is 5.92. The van der Waals surface area contributed by atoms with Crippen LogP contribution >= 0.6 is 31.9 Å². The first kappa shape index (κ1) is 18.8. The number of hydrogen-bond donors (Lipinski definition) is 3. The van der Waals surface area contributed by atoms with Crippen LogP contribution in [-0.2, 0) is 6.42 Å². The summed E-state index contributed by atoms with van der Waals surface area (Å²) in [5.74, 6) is 0.151. The zero-order valence-electron chi connectivity index (χ0n) is 14.8. The predicted octanol–water partition coefficient (Wildman–Crippen LogP) is 5.07. The molecule has 1 unspecified atom stereocenters. The van der Waals surface area contributed by atoms with Crippen LogP contribution in [0.1, 0.15) is 47.1 Å². The van der Waals surface area contributed by atoms with E-state index in [1.54, 1.807) is 12.1 Å². The monoisotopic (exact) mass is 493 g/mol. The fraction of sp³-hybridized carbons (Fsp3) is 0.350. The number of rotatable bonds is 6. The minimum atomic E-state index is -0.179. The van der Waals surface area contributed by atoms with Crippen molar-refractivity contribution in [2.24, 2.45) is 0 Å². The molecule has 4 rings (SSSR count). The molecule has 0 bridgehead atoms. The molecule has 3 aromatic rings. The van der Waals surface area contributed by atoms with Gasteiger partial charge in [0, 0.05) is 33.7 Å². The maximum absolute atomic E-state index is 12.0. The highest BCUT2D eigenvalue weighted by Crippen LogP contribution is 2.35. The van der Waals surface area contributed by atoms with E-state index in [1.165, 1.54) is 28.6 Å². The van der Waals surface area contributed by atoms with Gasteiger partial charge in [-0.3, -0.25) is 4.79 Å². The van der Waals surface area contributed by atoms with E-state index in [1.807, 2.05) is 0 Å². The normalized spacial score (nSPS) is 16.4. The Bertz CT molecular complexity index is 963. The number of furan rings is 1. The number of aromatic nitrogens is 1. The molecule has 7 heteroatoms. The van der Waals surface area contributed by atoms with E-state index in [-0.39, 0.29) is 5.91 Å². The Morgan fingerprint density at radius 3 is 2.93 bits per heavy atom. The summed E-state index contributed by atoms with van der Waals surface area (Å²) in [7, 11) is 0. The third kappa shape index (κ3) is 4.15. The number of fused-ring (bicyclic) bond motifs is 3. The molecule has 27 heavy (non-hydrogen) atoms. The van der Waals surface area contributed by atoms with Crippen LogP contribution in [0.4, 0.5) is 0 Å². The summed E-state index contributed by atoms with van der Waals surface area (Å²) in [5, 5.41) is 7.86. The van der Waals surface area contributed by atoms with Crippen LogP contribution in [0.25, 0.3) is 10.9 Å². The Morgan fingerprint density at radius 2 is 2.11 bits per heavy atom. The maximum atomic E-state index is 12.0. The van der Waals surface area contributed by atoms with Gasteiger partial charge in [0.1, 0.15) is 0 Å². The summed E-state index contributed by atoms with van der Waals surface area (Å²) >= 11 is 6.78. The van der Waals surface area contributed by atoms with Gasteiger partial charge in [-0.2, -0.15) is 0 Å². The summed E-state index contributed by atoms with van der Waals surface area (Å²) in [6.45, 7) is 1.47. The predicted molar refractivity (Wildman–Crippen MR) is 113 cm³/mol. The number of benzene rings is 1. The minimum Gasteiger partial charge on any atom is -0.444 e. The lowest BCUT2D eigenvalue weighted by Crippen LogP contribution is -2.30. The van der Waals surface area contributed by atoms with Crippen LogP contribution in [0, 0.1) is 0 Å². The lowest BCUT2D eigenvalue weighted by atomic mass is 9.91. The molecule has 2 aromatic heterocycles. The van der Waals surface area contributed by atoms with E-state index in [9.17, 15) is 4.79 Å². The fourth-order valence-corrected chi connectivity index (χ4v) is 4.40. The van der Waals surface area contributed by atoms with Crippen molar-refractivity contribution >= 4 is 48.7 Å². The molecule has 0 saturated carbocycles. The van der Waals surface area contributed by atoms with Crippen molar-refractivity contribution in [3.05, 3.63) is 56.5 Å². The van der Waals surface area contributed by atoms with Crippen molar-refractivity contribution in [2.75, 3.05) is 13.1 Å². The van der Waals surface area contributed by atoms with Gasteiger partial charge in [-0.15, -0.1) is 0 Å². The van der Waals surface area contributed by atoms with Crippen molar-refractivity contribution in [1.82, 2.24) is 15.6 Å².